The lowest BCUT2D eigenvalue weighted by atomic mass is 9.62. The highest BCUT2D eigenvalue weighted by Crippen LogP contribution is 2.50. The Morgan fingerprint density at radius 1 is 0.861 bits per heavy atom. The van der Waals surface area contributed by atoms with Crippen molar-refractivity contribution in [3.8, 4) is 17.2 Å². The molecule has 0 N–H and O–H groups in total. The van der Waals surface area contributed by atoms with Crippen LogP contribution >= 0.6 is 34.5 Å². The van der Waals surface area contributed by atoms with Gasteiger partial charge in [0.05, 0.1) is 28.9 Å². The third kappa shape index (κ3) is 4.80. The van der Waals surface area contributed by atoms with Gasteiger partial charge in [-0.25, -0.2) is 4.99 Å². The molecule has 186 valence electrons. The van der Waals surface area contributed by atoms with E-state index >= 15 is 0 Å². The Kier molecular flexibility index (Phi) is 7.42. The third-order valence-corrected chi connectivity index (χ3v) is 8.22. The minimum absolute atomic E-state index is 0.143. The van der Waals surface area contributed by atoms with Crippen molar-refractivity contribution in [2.75, 3.05) is 13.2 Å². The fraction of sp³-hybridized carbons (Fsp3) is 0.276. The van der Waals surface area contributed by atoms with E-state index < -0.39 is 0 Å². The monoisotopic (exact) mass is 538 g/mol. The zero-order valence-electron chi connectivity index (χ0n) is 20.3. The van der Waals surface area contributed by atoms with E-state index in [2.05, 4.69) is 28.1 Å². The van der Waals surface area contributed by atoms with Gasteiger partial charge >= 0.3 is 0 Å². The summed E-state index contributed by atoms with van der Waals surface area (Å²) in [6.45, 7) is 5.24. The molecule has 36 heavy (non-hydrogen) atoms. The molecule has 1 aliphatic carbocycles. The number of thiazole rings is 1. The zero-order valence-corrected chi connectivity index (χ0v) is 22.7. The molecule has 5 rings (SSSR count). The molecule has 0 aliphatic heterocycles. The van der Waals surface area contributed by atoms with Crippen molar-refractivity contribution in [1.82, 2.24) is 4.57 Å². The van der Waals surface area contributed by atoms with Crippen LogP contribution < -0.4 is 14.3 Å². The predicted octanol–water partition coefficient (Wildman–Crippen LogP) is 8.35. The molecule has 0 bridgehead atoms. The molecular formula is C29H28Cl2N2O2S. The van der Waals surface area contributed by atoms with Crippen molar-refractivity contribution in [3.05, 3.63) is 98.2 Å². The summed E-state index contributed by atoms with van der Waals surface area (Å²) in [5.74, 6) is 1.70. The van der Waals surface area contributed by atoms with Crippen molar-refractivity contribution >= 4 is 40.2 Å². The first kappa shape index (κ1) is 24.9. The lowest BCUT2D eigenvalue weighted by molar-refractivity contribution is 0.289. The Morgan fingerprint density at radius 2 is 1.50 bits per heavy atom. The van der Waals surface area contributed by atoms with E-state index in [1.54, 1.807) is 11.3 Å². The summed E-state index contributed by atoms with van der Waals surface area (Å²) in [4.78, 5) is 5.95. The second-order valence-corrected chi connectivity index (χ2v) is 10.4. The van der Waals surface area contributed by atoms with E-state index in [0.717, 1.165) is 46.9 Å². The van der Waals surface area contributed by atoms with Crippen LogP contribution in [0.1, 0.15) is 44.4 Å². The van der Waals surface area contributed by atoms with Gasteiger partial charge in [-0.2, -0.15) is 0 Å². The predicted molar refractivity (Wildman–Crippen MR) is 149 cm³/mol. The average Bonchev–Trinajstić information content (AvgIpc) is 3.26. The Hall–Kier alpha value is -2.73. The summed E-state index contributed by atoms with van der Waals surface area (Å²) in [5.41, 5.74) is 4.18. The Morgan fingerprint density at radius 3 is 2.06 bits per heavy atom. The minimum atomic E-state index is -0.143. The van der Waals surface area contributed by atoms with Gasteiger partial charge in [0.2, 0.25) is 0 Å². The van der Waals surface area contributed by atoms with Crippen LogP contribution in [0.2, 0.25) is 10.0 Å². The van der Waals surface area contributed by atoms with Gasteiger partial charge in [-0.05, 0) is 92.9 Å². The van der Waals surface area contributed by atoms with Crippen molar-refractivity contribution in [1.29, 1.82) is 0 Å². The van der Waals surface area contributed by atoms with Crippen LogP contribution in [0.25, 0.3) is 5.69 Å². The topological polar surface area (TPSA) is 35.8 Å². The first-order chi connectivity index (χ1) is 17.5. The number of nitrogens with zero attached hydrogens (tertiary/aromatic N) is 2. The summed E-state index contributed by atoms with van der Waals surface area (Å²) in [6, 6.07) is 22.2. The molecule has 0 radical (unpaired) electrons. The second kappa shape index (κ2) is 10.7. The van der Waals surface area contributed by atoms with Crippen LogP contribution in [0.5, 0.6) is 11.5 Å². The van der Waals surface area contributed by atoms with Gasteiger partial charge < -0.3 is 9.47 Å². The molecule has 0 saturated heterocycles. The molecule has 4 nitrogen and oxygen atoms in total. The maximum absolute atomic E-state index is 6.46. The second-order valence-electron chi connectivity index (χ2n) is 8.77. The van der Waals surface area contributed by atoms with Crippen molar-refractivity contribution < 1.29 is 9.47 Å². The summed E-state index contributed by atoms with van der Waals surface area (Å²) in [5, 5.41) is 3.40. The highest BCUT2D eigenvalue weighted by Gasteiger charge is 2.43. The number of aromatic nitrogens is 1. The number of halogens is 2. The van der Waals surface area contributed by atoms with Crippen LogP contribution in [-0.2, 0) is 5.41 Å². The molecule has 1 aromatic heterocycles. The quantitative estimate of drug-likeness (QED) is 0.226. The summed E-state index contributed by atoms with van der Waals surface area (Å²) in [7, 11) is 0. The number of hydrogen-bond acceptors (Lipinski definition) is 4. The summed E-state index contributed by atoms with van der Waals surface area (Å²) < 4.78 is 13.6. The molecule has 1 aliphatic rings. The van der Waals surface area contributed by atoms with Crippen molar-refractivity contribution in [3.63, 3.8) is 0 Å². The van der Waals surface area contributed by atoms with Gasteiger partial charge in [0.25, 0.3) is 0 Å². The largest absolute Gasteiger partial charge is 0.494 e. The average molecular weight is 540 g/mol. The van der Waals surface area contributed by atoms with Crippen LogP contribution in [0, 0.1) is 0 Å². The molecule has 1 fully saturated rings. The third-order valence-electron chi connectivity index (χ3n) is 6.66. The van der Waals surface area contributed by atoms with E-state index in [4.69, 9.17) is 37.7 Å². The first-order valence-electron chi connectivity index (χ1n) is 12.2. The van der Waals surface area contributed by atoms with Crippen molar-refractivity contribution in [2.24, 2.45) is 4.99 Å². The molecule has 0 unspecified atom stereocenters. The molecule has 1 heterocycles. The van der Waals surface area contributed by atoms with E-state index in [-0.39, 0.29) is 5.41 Å². The van der Waals surface area contributed by atoms with E-state index in [1.807, 2.05) is 62.4 Å². The minimum Gasteiger partial charge on any atom is -0.494 e. The number of rotatable bonds is 8. The van der Waals surface area contributed by atoms with Crippen LogP contribution in [0.15, 0.2) is 77.1 Å². The van der Waals surface area contributed by atoms with Gasteiger partial charge in [-0.1, -0.05) is 35.7 Å². The van der Waals surface area contributed by atoms with Gasteiger partial charge in [0.15, 0.2) is 4.80 Å². The molecule has 0 atom stereocenters. The fourth-order valence-electron chi connectivity index (χ4n) is 4.74. The first-order valence-corrected chi connectivity index (χ1v) is 13.8. The lowest BCUT2D eigenvalue weighted by Gasteiger charge is -2.43. The Balaban J connectivity index is 1.66. The van der Waals surface area contributed by atoms with E-state index in [9.17, 15) is 0 Å². The lowest BCUT2D eigenvalue weighted by Crippen LogP contribution is -2.38. The van der Waals surface area contributed by atoms with Crippen LogP contribution in [-0.4, -0.2) is 17.8 Å². The molecule has 3 aromatic carbocycles. The van der Waals surface area contributed by atoms with Gasteiger partial charge in [-0.3, -0.25) is 4.57 Å². The standard InChI is InChI=1S/C29H28Cl2N2O2S/c1-3-34-23-11-7-21(8-12-23)32-28-33(22-9-13-24(14-10-22)35-4-2)27(19-36-28)29(16-5-17-29)20-6-15-25(30)26(31)18-20/h6-15,18-19H,3-5,16-17H2,1-2H3/b32-28-. The molecule has 7 heteroatoms. The summed E-state index contributed by atoms with van der Waals surface area (Å²) >= 11 is 14.4. The fourth-order valence-corrected chi connectivity index (χ4v) is 6.05. The SMILES string of the molecule is CCOc1ccc(/N=c2\scc(C3(c4ccc(Cl)c(Cl)c4)CCC3)n2-c2ccc(OCC)cc2)cc1. The van der Waals surface area contributed by atoms with E-state index in [0.29, 0.717) is 23.3 Å². The van der Waals surface area contributed by atoms with Crippen molar-refractivity contribution in [2.45, 2.75) is 38.5 Å². The smallest absolute Gasteiger partial charge is 0.194 e. The van der Waals surface area contributed by atoms with Gasteiger partial charge in [0, 0.05) is 22.2 Å². The molecule has 1 saturated carbocycles. The highest BCUT2D eigenvalue weighted by molar-refractivity contribution is 7.07. The zero-order chi connectivity index (χ0) is 25.1. The highest BCUT2D eigenvalue weighted by atomic mass is 35.5. The van der Waals surface area contributed by atoms with Crippen LogP contribution in [0.4, 0.5) is 5.69 Å². The Labute approximate surface area is 225 Å². The molecule has 0 spiro atoms. The van der Waals surface area contributed by atoms with Crippen LogP contribution in [0.3, 0.4) is 0 Å². The van der Waals surface area contributed by atoms with E-state index in [1.165, 1.54) is 11.3 Å². The normalized spacial score (nSPS) is 14.9. The summed E-state index contributed by atoms with van der Waals surface area (Å²) in [6.07, 6.45) is 3.24. The molecule has 0 amide bonds. The number of ether oxygens (including phenoxy) is 2. The maximum Gasteiger partial charge on any atom is 0.194 e. The van der Waals surface area contributed by atoms with Gasteiger partial charge in [-0.15, -0.1) is 11.3 Å². The van der Waals surface area contributed by atoms with Gasteiger partial charge in [0.1, 0.15) is 11.5 Å². The molecule has 4 aromatic rings. The molecular weight excluding hydrogens is 511 g/mol. The number of benzene rings is 3. The maximum atomic E-state index is 6.46. The Bertz CT molecular complexity index is 1400. The number of hydrogen-bond donors (Lipinski definition) is 0.